The highest BCUT2D eigenvalue weighted by Gasteiger charge is 2.28. The second-order valence-corrected chi connectivity index (χ2v) is 6.16. The maximum atomic E-state index is 5.69. The number of aromatic nitrogens is 3. The molecule has 5 nitrogen and oxygen atoms in total. The highest BCUT2D eigenvalue weighted by Crippen LogP contribution is 2.23. The van der Waals surface area contributed by atoms with E-state index in [2.05, 4.69) is 36.0 Å². The fourth-order valence-electron chi connectivity index (χ4n) is 2.09. The minimum atomic E-state index is -0.273. The molecule has 1 aromatic carbocycles. The van der Waals surface area contributed by atoms with Crippen LogP contribution in [0.5, 0.6) is 0 Å². The molecule has 2 aromatic rings. The molecule has 1 saturated heterocycles. The van der Waals surface area contributed by atoms with Crippen molar-refractivity contribution in [2.75, 3.05) is 13.2 Å². The Morgan fingerprint density at radius 3 is 2.64 bits per heavy atom. The van der Waals surface area contributed by atoms with E-state index in [4.69, 9.17) is 9.47 Å². The number of rotatable bonds is 2. The van der Waals surface area contributed by atoms with Gasteiger partial charge in [0.2, 0.25) is 0 Å². The first kappa shape index (κ1) is 14.8. The second kappa shape index (κ2) is 6.30. The molecule has 5 heteroatoms. The van der Waals surface area contributed by atoms with Gasteiger partial charge in [-0.15, -0.1) is 5.10 Å². The first-order chi connectivity index (χ1) is 10.6. The lowest BCUT2D eigenvalue weighted by Gasteiger charge is -2.34. The van der Waals surface area contributed by atoms with Crippen molar-refractivity contribution in [2.24, 2.45) is 5.41 Å². The Hall–Kier alpha value is -2.16. The van der Waals surface area contributed by atoms with Crippen LogP contribution in [0.1, 0.15) is 25.1 Å². The van der Waals surface area contributed by atoms with Gasteiger partial charge < -0.3 is 9.47 Å². The third kappa shape index (κ3) is 3.94. The van der Waals surface area contributed by atoms with Crippen LogP contribution in [0.2, 0.25) is 0 Å². The summed E-state index contributed by atoms with van der Waals surface area (Å²) in [5, 5.41) is 8.12. The average Bonchev–Trinajstić information content (AvgIpc) is 2.96. The minimum absolute atomic E-state index is 0.0746. The molecule has 1 fully saturated rings. The van der Waals surface area contributed by atoms with E-state index in [9.17, 15) is 0 Å². The summed E-state index contributed by atoms with van der Waals surface area (Å²) in [6.07, 6.45) is 1.53. The molecule has 0 radical (unpaired) electrons. The summed E-state index contributed by atoms with van der Waals surface area (Å²) < 4.78 is 13.1. The molecule has 114 valence electrons. The van der Waals surface area contributed by atoms with Crippen LogP contribution in [-0.4, -0.2) is 34.5 Å². The molecule has 1 aliphatic rings. The Morgan fingerprint density at radius 2 is 1.91 bits per heavy atom. The molecule has 2 heterocycles. The first-order valence-electron chi connectivity index (χ1n) is 7.31. The normalized spacial score (nSPS) is 17.7. The average molecular weight is 297 g/mol. The van der Waals surface area contributed by atoms with Gasteiger partial charge in [0.25, 0.3) is 0 Å². The van der Waals surface area contributed by atoms with E-state index in [1.807, 2.05) is 36.5 Å². The highest BCUT2D eigenvalue weighted by atomic mass is 16.7. The summed E-state index contributed by atoms with van der Waals surface area (Å²) >= 11 is 0. The van der Waals surface area contributed by atoms with Gasteiger partial charge in [0.1, 0.15) is 0 Å². The predicted molar refractivity (Wildman–Crippen MR) is 81.9 cm³/mol. The number of hydrogen-bond acceptors (Lipinski definition) is 4. The van der Waals surface area contributed by atoms with Crippen LogP contribution in [0.25, 0.3) is 0 Å². The largest absolute Gasteiger partial charge is 0.350 e. The van der Waals surface area contributed by atoms with Crippen LogP contribution >= 0.6 is 0 Å². The van der Waals surface area contributed by atoms with E-state index in [-0.39, 0.29) is 11.7 Å². The molecule has 22 heavy (non-hydrogen) atoms. The zero-order valence-electron chi connectivity index (χ0n) is 12.8. The van der Waals surface area contributed by atoms with Crippen molar-refractivity contribution in [3.8, 4) is 11.8 Å². The minimum Gasteiger partial charge on any atom is -0.350 e. The van der Waals surface area contributed by atoms with Gasteiger partial charge >= 0.3 is 0 Å². The molecule has 0 N–H and O–H groups in total. The van der Waals surface area contributed by atoms with Crippen LogP contribution in [0.15, 0.2) is 36.5 Å². The fourth-order valence-corrected chi connectivity index (χ4v) is 2.09. The summed E-state index contributed by atoms with van der Waals surface area (Å²) in [6, 6.07) is 9.80. The number of hydrogen-bond donors (Lipinski definition) is 0. The van der Waals surface area contributed by atoms with E-state index in [0.717, 1.165) is 5.56 Å². The predicted octanol–water partition coefficient (Wildman–Crippen LogP) is 2.08. The summed E-state index contributed by atoms with van der Waals surface area (Å²) in [7, 11) is 0. The van der Waals surface area contributed by atoms with Crippen molar-refractivity contribution in [1.82, 2.24) is 15.0 Å². The quantitative estimate of drug-likeness (QED) is 0.796. The summed E-state index contributed by atoms with van der Waals surface area (Å²) in [4.78, 5) is 0. The van der Waals surface area contributed by atoms with Crippen molar-refractivity contribution in [3.05, 3.63) is 47.8 Å². The highest BCUT2D eigenvalue weighted by molar-refractivity contribution is 5.38. The van der Waals surface area contributed by atoms with E-state index in [1.165, 1.54) is 0 Å². The lowest BCUT2D eigenvalue weighted by molar-refractivity contribution is -0.227. The molecular formula is C17H19N3O2. The Balaban J connectivity index is 1.59. The van der Waals surface area contributed by atoms with E-state index < -0.39 is 0 Å². The maximum absolute atomic E-state index is 5.69. The smallest absolute Gasteiger partial charge is 0.177 e. The van der Waals surface area contributed by atoms with E-state index in [1.54, 1.807) is 4.68 Å². The zero-order chi connectivity index (χ0) is 15.4. The van der Waals surface area contributed by atoms with Crippen molar-refractivity contribution in [3.63, 3.8) is 0 Å². The van der Waals surface area contributed by atoms with Crippen LogP contribution in [0, 0.1) is 17.3 Å². The number of benzene rings is 1. The van der Waals surface area contributed by atoms with Gasteiger partial charge in [-0.05, 0) is 18.1 Å². The van der Waals surface area contributed by atoms with Gasteiger partial charge in [0.15, 0.2) is 12.0 Å². The van der Waals surface area contributed by atoms with Crippen LogP contribution < -0.4 is 0 Å². The fraction of sp³-hybridized carbons (Fsp3) is 0.412. The number of nitrogens with zero attached hydrogens (tertiary/aromatic N) is 3. The maximum Gasteiger partial charge on any atom is 0.177 e. The van der Waals surface area contributed by atoms with Crippen LogP contribution in [0.3, 0.4) is 0 Å². The lowest BCUT2D eigenvalue weighted by atomic mass is 9.96. The summed E-state index contributed by atoms with van der Waals surface area (Å²) in [5.41, 5.74) is 1.67. The first-order valence-corrected chi connectivity index (χ1v) is 7.31. The third-order valence-electron chi connectivity index (χ3n) is 3.30. The molecule has 0 bridgehead atoms. The topological polar surface area (TPSA) is 49.2 Å². The van der Waals surface area contributed by atoms with Gasteiger partial charge in [-0.3, -0.25) is 0 Å². The molecule has 0 spiro atoms. The zero-order valence-corrected chi connectivity index (χ0v) is 12.8. The number of ether oxygens (including phenoxy) is 2. The Morgan fingerprint density at radius 1 is 1.18 bits per heavy atom. The Labute approximate surface area is 130 Å². The molecule has 3 rings (SSSR count). The lowest BCUT2D eigenvalue weighted by Crippen LogP contribution is -2.39. The van der Waals surface area contributed by atoms with E-state index in [0.29, 0.717) is 25.5 Å². The molecular weight excluding hydrogens is 278 g/mol. The molecule has 1 aromatic heterocycles. The van der Waals surface area contributed by atoms with Crippen LogP contribution in [0.4, 0.5) is 0 Å². The van der Waals surface area contributed by atoms with Gasteiger partial charge in [-0.25, -0.2) is 4.68 Å². The molecule has 1 aliphatic heterocycles. The van der Waals surface area contributed by atoms with Crippen molar-refractivity contribution in [1.29, 1.82) is 0 Å². The second-order valence-electron chi connectivity index (χ2n) is 6.16. The van der Waals surface area contributed by atoms with Crippen molar-refractivity contribution < 1.29 is 9.47 Å². The van der Waals surface area contributed by atoms with Gasteiger partial charge in [-0.2, -0.15) is 0 Å². The van der Waals surface area contributed by atoms with Gasteiger partial charge in [0, 0.05) is 11.0 Å². The summed E-state index contributed by atoms with van der Waals surface area (Å²) in [6.45, 7) is 6.14. The Kier molecular flexibility index (Phi) is 4.23. The standard InChI is InChI=1S/C17H19N3O2/c1-17(2)12-21-16(22-13-17)11-20-10-15(18-19-20)9-8-14-6-4-3-5-7-14/h3-7,10,16H,11-13H2,1-2H3. The molecule has 0 saturated carbocycles. The Bertz CT molecular complexity index is 673. The summed E-state index contributed by atoms with van der Waals surface area (Å²) in [5.74, 6) is 6.07. The van der Waals surface area contributed by atoms with Crippen molar-refractivity contribution >= 4 is 0 Å². The van der Waals surface area contributed by atoms with E-state index >= 15 is 0 Å². The molecule has 0 unspecified atom stereocenters. The van der Waals surface area contributed by atoms with Gasteiger partial charge in [-0.1, -0.05) is 43.2 Å². The molecule has 0 amide bonds. The molecule has 0 atom stereocenters. The van der Waals surface area contributed by atoms with Gasteiger partial charge in [0.05, 0.1) is 26.0 Å². The monoisotopic (exact) mass is 297 g/mol. The van der Waals surface area contributed by atoms with Crippen LogP contribution in [-0.2, 0) is 16.0 Å². The SMILES string of the molecule is CC1(C)COC(Cn2cc(C#Cc3ccccc3)nn2)OC1. The molecule has 0 aliphatic carbocycles. The third-order valence-corrected chi connectivity index (χ3v) is 3.30. The van der Waals surface area contributed by atoms with Crippen molar-refractivity contribution in [2.45, 2.75) is 26.7 Å².